The minimum absolute atomic E-state index is 0.539. The first-order valence-corrected chi connectivity index (χ1v) is 9.18. The minimum atomic E-state index is -0.539. The molecular formula is C16H22Zr. The van der Waals surface area contributed by atoms with Crippen LogP contribution in [0.5, 0.6) is 0 Å². The average molecular weight is 306 g/mol. The summed E-state index contributed by atoms with van der Waals surface area (Å²) < 4.78 is 3.60. The van der Waals surface area contributed by atoms with Crippen LogP contribution in [0.2, 0.25) is 0 Å². The van der Waals surface area contributed by atoms with E-state index in [1.165, 1.54) is 25.7 Å². The maximum absolute atomic E-state index is 2.49. The van der Waals surface area contributed by atoms with Crippen molar-refractivity contribution in [3.63, 3.8) is 0 Å². The van der Waals surface area contributed by atoms with Crippen LogP contribution in [0.1, 0.15) is 53.4 Å². The molecule has 0 heterocycles. The number of hydrogen-bond acceptors (Lipinski definition) is 0. The standard InChI is InChI=1S/C9H13.C7H9.Zr/c1-3-8-5-6-9(4-2)7-8;1-6-3-4-7(2)5-6;/h5H,3-4,6H2,1-2H3;3H,4H2,1-2H3;. The van der Waals surface area contributed by atoms with E-state index < -0.39 is 23.2 Å². The summed E-state index contributed by atoms with van der Waals surface area (Å²) in [4.78, 5) is 0. The van der Waals surface area contributed by atoms with Crippen molar-refractivity contribution in [3.05, 3.63) is 41.0 Å². The fraction of sp³-hybridized carbons (Fsp3) is 0.500. The second-order valence-electron chi connectivity index (χ2n) is 4.99. The van der Waals surface area contributed by atoms with Crippen LogP contribution >= 0.6 is 0 Å². The fourth-order valence-electron chi connectivity index (χ4n) is 2.67. The Kier molecular flexibility index (Phi) is 4.42. The Hall–Kier alpha value is -0.157. The van der Waals surface area contributed by atoms with Gasteiger partial charge in [-0.25, -0.2) is 0 Å². The van der Waals surface area contributed by atoms with Crippen LogP contribution in [0.4, 0.5) is 0 Å². The van der Waals surface area contributed by atoms with Gasteiger partial charge in [-0.05, 0) is 0 Å². The summed E-state index contributed by atoms with van der Waals surface area (Å²) in [5.74, 6) is 0. The van der Waals surface area contributed by atoms with Gasteiger partial charge in [-0.1, -0.05) is 0 Å². The van der Waals surface area contributed by atoms with Crippen molar-refractivity contribution in [3.8, 4) is 0 Å². The van der Waals surface area contributed by atoms with Crippen LogP contribution < -0.4 is 0 Å². The summed E-state index contributed by atoms with van der Waals surface area (Å²) in [6.07, 6.45) is 9.84. The van der Waals surface area contributed by atoms with E-state index in [1.54, 1.807) is 25.6 Å². The number of hydrogen-bond donors (Lipinski definition) is 0. The van der Waals surface area contributed by atoms with Crippen molar-refractivity contribution in [2.45, 2.75) is 53.4 Å². The average Bonchev–Trinajstić information content (AvgIpc) is 2.87. The molecule has 0 saturated heterocycles. The predicted octanol–water partition coefficient (Wildman–Crippen LogP) is 5.10. The molecule has 0 bridgehead atoms. The molecule has 0 atom stereocenters. The van der Waals surface area contributed by atoms with E-state index in [2.05, 4.69) is 39.8 Å². The fourth-order valence-corrected chi connectivity index (χ4v) is 6.99. The van der Waals surface area contributed by atoms with E-state index in [0.29, 0.717) is 0 Å². The van der Waals surface area contributed by atoms with Crippen molar-refractivity contribution in [2.24, 2.45) is 0 Å². The van der Waals surface area contributed by atoms with Crippen LogP contribution in [0, 0.1) is 0 Å². The molecule has 0 amide bonds. The molecule has 0 aliphatic heterocycles. The summed E-state index contributed by atoms with van der Waals surface area (Å²) in [6.45, 7) is 9.27. The Morgan fingerprint density at radius 1 is 1.00 bits per heavy atom. The second-order valence-corrected chi connectivity index (χ2v) is 8.06. The summed E-state index contributed by atoms with van der Waals surface area (Å²) in [5.41, 5.74) is 6.65. The summed E-state index contributed by atoms with van der Waals surface area (Å²) in [7, 11) is 0. The van der Waals surface area contributed by atoms with Crippen LogP contribution in [-0.4, -0.2) is 0 Å². The van der Waals surface area contributed by atoms with Gasteiger partial charge < -0.3 is 0 Å². The Balaban J connectivity index is 2.26. The zero-order valence-electron chi connectivity index (χ0n) is 11.5. The molecule has 0 saturated carbocycles. The monoisotopic (exact) mass is 304 g/mol. The molecule has 90 valence electrons. The molecule has 1 heteroatoms. The van der Waals surface area contributed by atoms with Crippen molar-refractivity contribution in [1.82, 2.24) is 0 Å². The quantitative estimate of drug-likeness (QED) is 0.678. The second kappa shape index (κ2) is 5.66. The predicted molar refractivity (Wildman–Crippen MR) is 71.4 cm³/mol. The van der Waals surface area contributed by atoms with Crippen LogP contribution in [-0.2, 0) is 23.2 Å². The molecule has 0 aromatic carbocycles. The van der Waals surface area contributed by atoms with Crippen LogP contribution in [0.25, 0.3) is 0 Å². The molecule has 0 aromatic rings. The van der Waals surface area contributed by atoms with Crippen molar-refractivity contribution in [2.75, 3.05) is 0 Å². The number of rotatable bonds is 4. The zero-order chi connectivity index (χ0) is 12.4. The SMILES string of the molecule is CCC1=CCC(CC)=[C]1[Zr][C]1=C(C)CC=C1C. The summed E-state index contributed by atoms with van der Waals surface area (Å²) in [5, 5.41) is 0. The molecule has 0 fully saturated rings. The van der Waals surface area contributed by atoms with Gasteiger partial charge in [-0.15, -0.1) is 0 Å². The van der Waals surface area contributed by atoms with Gasteiger partial charge in [0, 0.05) is 0 Å². The third-order valence-corrected chi connectivity index (χ3v) is 8.77. The van der Waals surface area contributed by atoms with Gasteiger partial charge in [-0.2, -0.15) is 0 Å². The van der Waals surface area contributed by atoms with E-state index in [4.69, 9.17) is 0 Å². The molecule has 2 rings (SSSR count). The van der Waals surface area contributed by atoms with E-state index in [-0.39, 0.29) is 0 Å². The third kappa shape index (κ3) is 2.65. The molecule has 0 radical (unpaired) electrons. The molecule has 2 aliphatic rings. The van der Waals surface area contributed by atoms with Crippen molar-refractivity contribution in [1.29, 1.82) is 0 Å². The number of allylic oxidation sites excluding steroid dienone is 8. The molecule has 0 N–H and O–H groups in total. The van der Waals surface area contributed by atoms with E-state index in [0.717, 1.165) is 0 Å². The van der Waals surface area contributed by atoms with Crippen molar-refractivity contribution < 1.29 is 23.2 Å². The Labute approximate surface area is 117 Å². The van der Waals surface area contributed by atoms with Gasteiger partial charge >= 0.3 is 118 Å². The Morgan fingerprint density at radius 3 is 2.29 bits per heavy atom. The first-order chi connectivity index (χ1) is 8.17. The van der Waals surface area contributed by atoms with Crippen LogP contribution in [0.3, 0.4) is 0 Å². The molecule has 0 nitrogen and oxygen atoms in total. The molecule has 17 heavy (non-hydrogen) atoms. The Bertz CT molecular complexity index is 444. The van der Waals surface area contributed by atoms with E-state index in [9.17, 15) is 0 Å². The molecule has 0 aromatic heterocycles. The van der Waals surface area contributed by atoms with Crippen molar-refractivity contribution >= 4 is 0 Å². The normalized spacial score (nSPS) is 20.0. The van der Waals surface area contributed by atoms with Crippen LogP contribution in [0.15, 0.2) is 41.0 Å². The van der Waals surface area contributed by atoms with Gasteiger partial charge in [-0.3, -0.25) is 0 Å². The Morgan fingerprint density at radius 2 is 1.76 bits per heavy atom. The topological polar surface area (TPSA) is 0 Å². The zero-order valence-corrected chi connectivity index (χ0v) is 13.9. The summed E-state index contributed by atoms with van der Waals surface area (Å²) in [6, 6.07) is 0. The molecule has 0 unspecified atom stereocenters. The first-order valence-electron chi connectivity index (χ1n) is 6.72. The molecular weight excluding hydrogens is 283 g/mol. The first kappa shape index (κ1) is 13.3. The molecule has 2 aliphatic carbocycles. The van der Waals surface area contributed by atoms with Gasteiger partial charge in [0.15, 0.2) is 0 Å². The van der Waals surface area contributed by atoms with Gasteiger partial charge in [0.1, 0.15) is 0 Å². The summed E-state index contributed by atoms with van der Waals surface area (Å²) >= 11 is -0.539. The van der Waals surface area contributed by atoms with Gasteiger partial charge in [0.2, 0.25) is 0 Å². The van der Waals surface area contributed by atoms with Gasteiger partial charge in [0.25, 0.3) is 0 Å². The third-order valence-electron chi connectivity index (χ3n) is 3.86. The molecule has 0 spiro atoms. The van der Waals surface area contributed by atoms with E-state index in [1.807, 2.05) is 3.28 Å². The maximum atomic E-state index is 2.49. The van der Waals surface area contributed by atoms with E-state index >= 15 is 0 Å². The van der Waals surface area contributed by atoms with Gasteiger partial charge in [0.05, 0.1) is 0 Å².